The molecule has 12 heteroatoms. The van der Waals surface area contributed by atoms with Crippen LogP contribution in [-0.4, -0.2) is 40.3 Å². The summed E-state index contributed by atoms with van der Waals surface area (Å²) in [7, 11) is 0. The van der Waals surface area contributed by atoms with Gasteiger partial charge in [0, 0.05) is 6.07 Å². The summed E-state index contributed by atoms with van der Waals surface area (Å²) < 4.78 is 48.8. The van der Waals surface area contributed by atoms with E-state index in [9.17, 15) is 32.9 Å². The Balaban J connectivity index is 3.07. The van der Waals surface area contributed by atoms with E-state index >= 15 is 0 Å². The Bertz CT molecular complexity index is 729. The van der Waals surface area contributed by atoms with E-state index in [4.69, 9.17) is 14.6 Å². The van der Waals surface area contributed by atoms with Crippen LogP contribution in [0.15, 0.2) is 18.2 Å². The number of hydrogen-bond donors (Lipinski definition) is 2. The van der Waals surface area contributed by atoms with Crippen LogP contribution in [-0.2, 0) is 15.7 Å². The molecule has 0 saturated carbocycles. The molecule has 1 amide bonds. The number of carboxylic acid groups (broad SMARTS) is 1. The van der Waals surface area contributed by atoms with E-state index in [1.165, 1.54) is 20.8 Å². The maximum Gasteiger partial charge on any atom is 0.420 e. The van der Waals surface area contributed by atoms with Crippen molar-refractivity contribution < 1.29 is 42.3 Å². The summed E-state index contributed by atoms with van der Waals surface area (Å²) in [5.74, 6) is -2.78. The summed E-state index contributed by atoms with van der Waals surface area (Å²) in [6.07, 6.45) is -6.12. The summed E-state index contributed by atoms with van der Waals surface area (Å²) in [6.45, 7) is 3.55. The maximum atomic E-state index is 13.1. The third kappa shape index (κ3) is 6.64. The number of alkyl halides is 3. The highest BCUT2D eigenvalue weighted by molar-refractivity contribution is 5.80. The van der Waals surface area contributed by atoms with Crippen LogP contribution >= 0.6 is 0 Å². The molecule has 0 aliphatic heterocycles. The molecule has 9 nitrogen and oxygen atoms in total. The molecule has 0 radical (unpaired) electrons. The van der Waals surface area contributed by atoms with Gasteiger partial charge in [-0.1, -0.05) is 6.07 Å². The van der Waals surface area contributed by atoms with Gasteiger partial charge >= 0.3 is 23.9 Å². The molecule has 0 aliphatic rings. The number of carboxylic acids is 1. The van der Waals surface area contributed by atoms with Crippen molar-refractivity contribution in [1.29, 1.82) is 0 Å². The van der Waals surface area contributed by atoms with Crippen molar-refractivity contribution in [3.05, 3.63) is 33.9 Å². The second-order valence-electron chi connectivity index (χ2n) is 6.26. The van der Waals surface area contributed by atoms with Crippen LogP contribution in [0.1, 0.15) is 26.3 Å². The summed E-state index contributed by atoms with van der Waals surface area (Å²) in [6, 6.07) is 0.350. The third-order valence-electron chi connectivity index (χ3n) is 2.88. The van der Waals surface area contributed by atoms with Gasteiger partial charge in [-0.05, 0) is 26.8 Å². The first kappa shape index (κ1) is 22.0. The van der Waals surface area contributed by atoms with Gasteiger partial charge in [-0.3, -0.25) is 10.1 Å². The van der Waals surface area contributed by atoms with Crippen LogP contribution in [0, 0.1) is 10.1 Å². The number of benzene rings is 1. The van der Waals surface area contributed by atoms with Crippen LogP contribution in [0.2, 0.25) is 0 Å². The minimum absolute atomic E-state index is 0.555. The molecule has 0 aromatic heterocycles. The van der Waals surface area contributed by atoms with Crippen molar-refractivity contribution in [2.45, 2.75) is 38.6 Å². The van der Waals surface area contributed by atoms with E-state index in [-0.39, 0.29) is 0 Å². The number of ether oxygens (including phenoxy) is 2. The van der Waals surface area contributed by atoms with Crippen molar-refractivity contribution in [2.75, 3.05) is 6.61 Å². The first-order valence-corrected chi connectivity index (χ1v) is 7.42. The normalized spacial score (nSPS) is 12.8. The number of aliphatic carboxylic acids is 1. The Labute approximate surface area is 151 Å². The lowest BCUT2D eigenvalue weighted by Crippen LogP contribution is -2.46. The SMILES string of the molecule is CC(C)(C)OC(=O)NC(COc1c([N+](=O)[O-])cccc1C(F)(F)F)C(=O)O. The van der Waals surface area contributed by atoms with Crippen LogP contribution in [0.4, 0.5) is 23.7 Å². The number of carbonyl (C=O) groups is 2. The van der Waals surface area contributed by atoms with Crippen LogP contribution in [0.25, 0.3) is 0 Å². The number of amides is 1. The predicted molar refractivity (Wildman–Crippen MR) is 84.4 cm³/mol. The van der Waals surface area contributed by atoms with E-state index in [0.717, 1.165) is 12.1 Å². The summed E-state index contributed by atoms with van der Waals surface area (Å²) in [4.78, 5) is 32.7. The maximum absolute atomic E-state index is 13.1. The average Bonchev–Trinajstić information content (AvgIpc) is 2.47. The second-order valence-corrected chi connectivity index (χ2v) is 6.26. The number of nitrogens with zero attached hydrogens (tertiary/aromatic N) is 1. The highest BCUT2D eigenvalue weighted by atomic mass is 19.4. The van der Waals surface area contributed by atoms with Gasteiger partial charge in [0.1, 0.15) is 17.8 Å². The second kappa shape index (κ2) is 8.10. The Kier molecular flexibility index (Phi) is 6.60. The molecule has 1 unspecified atom stereocenters. The fourth-order valence-corrected chi connectivity index (χ4v) is 1.83. The lowest BCUT2D eigenvalue weighted by Gasteiger charge is -2.22. The molecule has 0 aliphatic carbocycles. The van der Waals surface area contributed by atoms with E-state index in [2.05, 4.69) is 0 Å². The third-order valence-corrected chi connectivity index (χ3v) is 2.88. The molecule has 1 aromatic rings. The molecule has 1 rings (SSSR count). The van der Waals surface area contributed by atoms with Crippen molar-refractivity contribution in [3.8, 4) is 5.75 Å². The molecule has 0 heterocycles. The Hall–Kier alpha value is -3.05. The van der Waals surface area contributed by atoms with Crippen LogP contribution in [0.3, 0.4) is 0 Å². The first-order chi connectivity index (χ1) is 12.2. The number of halogens is 3. The zero-order chi connectivity index (χ0) is 21.0. The number of carbonyl (C=O) groups excluding carboxylic acids is 1. The standard InChI is InChI=1S/C15H17F3N2O7/c1-14(2,3)27-13(23)19-9(12(21)22)7-26-11-8(15(16,17)18)5-4-6-10(11)20(24)25/h4-6,9H,7H2,1-3H3,(H,19,23)(H,21,22). The first-order valence-electron chi connectivity index (χ1n) is 7.42. The van der Waals surface area contributed by atoms with Gasteiger partial charge in [-0.2, -0.15) is 13.2 Å². The number of alkyl carbamates (subject to hydrolysis) is 1. The number of hydrogen-bond acceptors (Lipinski definition) is 6. The largest absolute Gasteiger partial charge is 0.484 e. The molecule has 0 saturated heterocycles. The van der Waals surface area contributed by atoms with E-state index in [0.29, 0.717) is 6.07 Å². The molecule has 150 valence electrons. The van der Waals surface area contributed by atoms with Crippen LogP contribution < -0.4 is 10.1 Å². The Morgan fingerprint density at radius 1 is 1.30 bits per heavy atom. The zero-order valence-corrected chi connectivity index (χ0v) is 14.5. The van der Waals surface area contributed by atoms with Crippen molar-refractivity contribution in [1.82, 2.24) is 5.32 Å². The lowest BCUT2D eigenvalue weighted by atomic mass is 10.1. The Morgan fingerprint density at radius 3 is 2.33 bits per heavy atom. The zero-order valence-electron chi connectivity index (χ0n) is 14.5. The highest BCUT2D eigenvalue weighted by Crippen LogP contribution is 2.41. The van der Waals surface area contributed by atoms with Gasteiger partial charge in [0.2, 0.25) is 5.75 Å². The highest BCUT2D eigenvalue weighted by Gasteiger charge is 2.38. The van der Waals surface area contributed by atoms with E-state index in [1.807, 2.05) is 5.32 Å². The molecule has 1 atom stereocenters. The monoisotopic (exact) mass is 394 g/mol. The summed E-state index contributed by atoms with van der Waals surface area (Å²) in [5.41, 5.74) is -3.39. The lowest BCUT2D eigenvalue weighted by molar-refractivity contribution is -0.386. The number of para-hydroxylation sites is 1. The molecule has 0 fully saturated rings. The summed E-state index contributed by atoms with van der Waals surface area (Å²) in [5, 5.41) is 22.0. The van der Waals surface area contributed by atoms with Gasteiger partial charge in [0.25, 0.3) is 0 Å². The molecule has 0 bridgehead atoms. The minimum atomic E-state index is -4.97. The van der Waals surface area contributed by atoms with Gasteiger partial charge in [-0.25, -0.2) is 9.59 Å². The fourth-order valence-electron chi connectivity index (χ4n) is 1.83. The van der Waals surface area contributed by atoms with Gasteiger partial charge in [0.05, 0.1) is 4.92 Å². The van der Waals surface area contributed by atoms with Gasteiger partial charge < -0.3 is 19.9 Å². The predicted octanol–water partition coefficient (Wildman–Crippen LogP) is 2.97. The molecular weight excluding hydrogens is 377 g/mol. The number of nitro benzene ring substituents is 1. The number of nitrogens with one attached hydrogen (secondary N) is 1. The van der Waals surface area contributed by atoms with Gasteiger partial charge in [-0.15, -0.1) is 0 Å². The number of rotatable bonds is 6. The fraction of sp³-hybridized carbons (Fsp3) is 0.467. The molecule has 0 spiro atoms. The quantitative estimate of drug-likeness (QED) is 0.561. The van der Waals surface area contributed by atoms with Crippen LogP contribution in [0.5, 0.6) is 5.75 Å². The van der Waals surface area contributed by atoms with Crippen molar-refractivity contribution in [2.24, 2.45) is 0 Å². The molecule has 1 aromatic carbocycles. The molecular formula is C15H17F3N2O7. The smallest absolute Gasteiger partial charge is 0.420 e. The van der Waals surface area contributed by atoms with Crippen molar-refractivity contribution in [3.63, 3.8) is 0 Å². The minimum Gasteiger partial charge on any atom is -0.484 e. The van der Waals surface area contributed by atoms with E-state index in [1.54, 1.807) is 0 Å². The summed E-state index contributed by atoms with van der Waals surface area (Å²) >= 11 is 0. The number of nitro groups is 1. The average molecular weight is 394 g/mol. The molecule has 2 N–H and O–H groups in total. The topological polar surface area (TPSA) is 128 Å². The van der Waals surface area contributed by atoms with Crippen molar-refractivity contribution >= 4 is 17.7 Å². The van der Waals surface area contributed by atoms with E-state index < -0.39 is 58.4 Å². The Morgan fingerprint density at radius 2 is 1.89 bits per heavy atom. The molecule has 27 heavy (non-hydrogen) atoms. The van der Waals surface area contributed by atoms with Gasteiger partial charge in [0.15, 0.2) is 6.04 Å².